The minimum atomic E-state index is -0.807. The van der Waals surface area contributed by atoms with E-state index < -0.39 is 6.10 Å². The molecule has 6 nitrogen and oxygen atoms in total. The second kappa shape index (κ2) is 52.4. The summed E-state index contributed by atoms with van der Waals surface area (Å²) in [5.74, 6) is -0.968. The zero-order valence-electron chi connectivity index (χ0n) is 41.7. The van der Waals surface area contributed by atoms with Crippen molar-refractivity contribution in [3.05, 3.63) is 122 Å². The molecule has 0 N–H and O–H groups in total. The van der Waals surface area contributed by atoms with Crippen LogP contribution in [0.5, 0.6) is 0 Å². The van der Waals surface area contributed by atoms with Gasteiger partial charge in [-0.25, -0.2) is 0 Å². The van der Waals surface area contributed by atoms with Crippen LogP contribution < -0.4 is 0 Å². The monoisotopic (exact) mass is 899 g/mol. The number of carbonyl (C=O) groups excluding carboxylic acids is 3. The van der Waals surface area contributed by atoms with Crippen LogP contribution in [-0.2, 0) is 28.6 Å². The molecule has 0 aromatic carbocycles. The Morgan fingerprint density at radius 2 is 0.677 bits per heavy atom. The normalized spacial score (nSPS) is 13.1. The molecule has 0 aromatic heterocycles. The molecule has 0 spiro atoms. The highest BCUT2D eigenvalue weighted by molar-refractivity contribution is 5.71. The van der Waals surface area contributed by atoms with Gasteiger partial charge in [0.1, 0.15) is 13.2 Å². The predicted octanol–water partition coefficient (Wildman–Crippen LogP) is 17.3. The van der Waals surface area contributed by atoms with E-state index in [2.05, 4.69) is 142 Å². The maximum absolute atomic E-state index is 12.8. The Morgan fingerprint density at radius 1 is 0.338 bits per heavy atom. The van der Waals surface area contributed by atoms with Crippen LogP contribution in [0.3, 0.4) is 0 Å². The lowest BCUT2D eigenvalue weighted by Gasteiger charge is -2.18. The molecule has 0 aliphatic rings. The third kappa shape index (κ3) is 50.7. The molecule has 0 bridgehead atoms. The number of carbonyl (C=O) groups is 3. The molecule has 0 amide bonds. The molecule has 65 heavy (non-hydrogen) atoms. The van der Waals surface area contributed by atoms with Gasteiger partial charge in [0.05, 0.1) is 0 Å². The van der Waals surface area contributed by atoms with Crippen LogP contribution in [0.15, 0.2) is 122 Å². The fraction of sp³-hybridized carbons (Fsp3) is 0.610. The van der Waals surface area contributed by atoms with E-state index in [0.29, 0.717) is 19.3 Å². The maximum atomic E-state index is 12.8. The molecule has 0 fully saturated rings. The first-order chi connectivity index (χ1) is 32.0. The van der Waals surface area contributed by atoms with Crippen LogP contribution in [0.4, 0.5) is 0 Å². The van der Waals surface area contributed by atoms with Gasteiger partial charge in [-0.05, 0) is 96.3 Å². The largest absolute Gasteiger partial charge is 0.462 e. The fourth-order valence-electron chi connectivity index (χ4n) is 6.70. The molecule has 0 rings (SSSR count). The highest BCUT2D eigenvalue weighted by Gasteiger charge is 2.19. The molecule has 0 aliphatic heterocycles. The Hall–Kier alpha value is -4.19. The molecule has 6 heteroatoms. The number of hydrogen-bond donors (Lipinski definition) is 0. The Kier molecular flexibility index (Phi) is 49.1. The molecule has 0 saturated heterocycles. The molecule has 0 aromatic rings. The number of esters is 3. The van der Waals surface area contributed by atoms with Crippen molar-refractivity contribution in [1.29, 1.82) is 0 Å². The van der Waals surface area contributed by atoms with E-state index in [9.17, 15) is 14.4 Å². The third-order valence-corrected chi connectivity index (χ3v) is 10.6. The lowest BCUT2D eigenvalue weighted by molar-refractivity contribution is -0.167. The average Bonchev–Trinajstić information content (AvgIpc) is 3.30. The van der Waals surface area contributed by atoms with Gasteiger partial charge in [0.2, 0.25) is 0 Å². The number of rotatable bonds is 45. The van der Waals surface area contributed by atoms with Gasteiger partial charge in [0.25, 0.3) is 0 Å². The zero-order valence-corrected chi connectivity index (χ0v) is 41.7. The standard InChI is InChI=1S/C59H94O6/c1-4-7-10-13-16-19-22-25-27-29-30-32-34-37-40-43-46-49-52-58(61)64-55-56(54-63-57(60)51-48-45-42-39-36-33-24-21-18-15-12-9-6-3)65-59(62)53-50-47-44-41-38-35-31-28-26-23-20-17-14-11-8-5-2/h8-9,11-12,15-22,24-30,32,56H,4-7,10,13-14,23,31,33-55H2,1-3H3/b11-8-,12-9-,18-15-,19-16-,20-17-,24-21-,25-22-,28-26-,29-27-,32-30-. The van der Waals surface area contributed by atoms with Crippen LogP contribution in [0.1, 0.15) is 213 Å². The Morgan fingerprint density at radius 3 is 1.12 bits per heavy atom. The Labute approximate surface area is 399 Å². The van der Waals surface area contributed by atoms with Crippen LogP contribution in [0.25, 0.3) is 0 Å². The highest BCUT2D eigenvalue weighted by Crippen LogP contribution is 2.13. The summed E-state index contributed by atoms with van der Waals surface area (Å²) >= 11 is 0. The predicted molar refractivity (Wildman–Crippen MR) is 279 cm³/mol. The minimum absolute atomic E-state index is 0.106. The van der Waals surface area contributed by atoms with Gasteiger partial charge >= 0.3 is 17.9 Å². The Bertz CT molecular complexity index is 1400. The summed E-state index contributed by atoms with van der Waals surface area (Å²) in [6.07, 6.45) is 71.7. The van der Waals surface area contributed by atoms with Crippen LogP contribution in [-0.4, -0.2) is 37.2 Å². The summed E-state index contributed by atoms with van der Waals surface area (Å²) in [7, 11) is 0. The first kappa shape index (κ1) is 60.8. The molecular formula is C59H94O6. The molecule has 366 valence electrons. The molecule has 0 aliphatic carbocycles. The van der Waals surface area contributed by atoms with Crippen LogP contribution >= 0.6 is 0 Å². The van der Waals surface area contributed by atoms with Crippen molar-refractivity contribution >= 4 is 17.9 Å². The van der Waals surface area contributed by atoms with Crippen LogP contribution in [0.2, 0.25) is 0 Å². The van der Waals surface area contributed by atoms with Crippen molar-refractivity contribution in [3.8, 4) is 0 Å². The summed E-state index contributed by atoms with van der Waals surface area (Å²) in [6.45, 7) is 6.29. The van der Waals surface area contributed by atoms with Gasteiger partial charge in [0.15, 0.2) is 6.10 Å². The first-order valence-corrected chi connectivity index (χ1v) is 26.1. The zero-order chi connectivity index (χ0) is 47.2. The summed E-state index contributed by atoms with van der Waals surface area (Å²) in [4.78, 5) is 38.0. The number of unbranched alkanes of at least 4 members (excludes halogenated alkanes) is 19. The van der Waals surface area contributed by atoms with E-state index in [-0.39, 0.29) is 31.1 Å². The van der Waals surface area contributed by atoms with Gasteiger partial charge in [-0.3, -0.25) is 14.4 Å². The van der Waals surface area contributed by atoms with E-state index in [4.69, 9.17) is 14.2 Å². The highest BCUT2D eigenvalue weighted by atomic mass is 16.6. The van der Waals surface area contributed by atoms with Crippen molar-refractivity contribution in [1.82, 2.24) is 0 Å². The Balaban J connectivity index is 4.50. The van der Waals surface area contributed by atoms with Gasteiger partial charge in [-0.1, -0.05) is 219 Å². The van der Waals surface area contributed by atoms with E-state index in [0.717, 1.165) is 141 Å². The van der Waals surface area contributed by atoms with E-state index in [1.807, 2.05) is 0 Å². The number of hydrogen-bond acceptors (Lipinski definition) is 6. The number of ether oxygens (including phenoxy) is 3. The topological polar surface area (TPSA) is 78.9 Å². The summed E-state index contributed by atoms with van der Waals surface area (Å²) < 4.78 is 16.8. The molecular weight excluding hydrogens is 805 g/mol. The molecule has 0 radical (unpaired) electrons. The lowest BCUT2D eigenvalue weighted by Crippen LogP contribution is -2.30. The molecule has 1 unspecified atom stereocenters. The second-order valence-corrected chi connectivity index (χ2v) is 16.8. The quantitative estimate of drug-likeness (QED) is 0.0199. The fourth-order valence-corrected chi connectivity index (χ4v) is 6.70. The summed E-state index contributed by atoms with van der Waals surface area (Å²) in [5.41, 5.74) is 0. The van der Waals surface area contributed by atoms with Crippen molar-refractivity contribution in [2.75, 3.05) is 13.2 Å². The lowest BCUT2D eigenvalue weighted by atomic mass is 10.1. The van der Waals surface area contributed by atoms with Gasteiger partial charge in [-0.15, -0.1) is 0 Å². The summed E-state index contributed by atoms with van der Waals surface area (Å²) in [6, 6.07) is 0. The average molecular weight is 899 g/mol. The van der Waals surface area contributed by atoms with E-state index in [1.54, 1.807) is 0 Å². The van der Waals surface area contributed by atoms with Gasteiger partial charge in [0, 0.05) is 19.3 Å². The smallest absolute Gasteiger partial charge is 0.306 e. The van der Waals surface area contributed by atoms with Crippen molar-refractivity contribution in [2.45, 2.75) is 219 Å². The SMILES string of the molecule is CC\C=C/C=C\C=C/CCCCCCCC(=O)OCC(COC(=O)CCCCCCC\C=C/C=C\C=C/C=C\CCCCC)OC(=O)CCCCCCCC/C=C\C/C=C\C/C=C\CC. The second-order valence-electron chi connectivity index (χ2n) is 16.8. The van der Waals surface area contributed by atoms with Gasteiger partial charge in [-0.2, -0.15) is 0 Å². The van der Waals surface area contributed by atoms with E-state index >= 15 is 0 Å². The summed E-state index contributed by atoms with van der Waals surface area (Å²) in [5, 5.41) is 0. The molecule has 0 heterocycles. The molecule has 0 saturated carbocycles. The van der Waals surface area contributed by atoms with Gasteiger partial charge < -0.3 is 14.2 Å². The van der Waals surface area contributed by atoms with Crippen molar-refractivity contribution in [2.24, 2.45) is 0 Å². The number of allylic oxidation sites excluding steroid dienone is 20. The third-order valence-electron chi connectivity index (χ3n) is 10.6. The minimum Gasteiger partial charge on any atom is -0.462 e. The first-order valence-electron chi connectivity index (χ1n) is 26.1. The molecule has 1 atom stereocenters. The van der Waals surface area contributed by atoms with E-state index in [1.165, 1.54) is 32.1 Å². The van der Waals surface area contributed by atoms with Crippen LogP contribution in [0, 0.1) is 0 Å². The van der Waals surface area contributed by atoms with Crippen molar-refractivity contribution < 1.29 is 28.6 Å². The maximum Gasteiger partial charge on any atom is 0.306 e. The van der Waals surface area contributed by atoms with Crippen molar-refractivity contribution in [3.63, 3.8) is 0 Å².